The second kappa shape index (κ2) is 6.29. The average Bonchev–Trinajstić information content (AvgIpc) is 2.41. The lowest BCUT2D eigenvalue weighted by Gasteiger charge is -2.22. The highest BCUT2D eigenvalue weighted by Gasteiger charge is 2.27. The lowest BCUT2D eigenvalue weighted by atomic mass is 10.2. The lowest BCUT2D eigenvalue weighted by Crippen LogP contribution is -2.37. The highest BCUT2D eigenvalue weighted by Crippen LogP contribution is 2.23. The molecule has 21 heavy (non-hydrogen) atoms. The number of hydrogen-bond acceptors (Lipinski definition) is 4. The number of aromatic carboxylic acids is 1. The van der Waals surface area contributed by atoms with Crippen molar-refractivity contribution in [2.45, 2.75) is 23.8 Å². The van der Waals surface area contributed by atoms with Gasteiger partial charge in [0.15, 0.2) is 11.6 Å². The Labute approximate surface area is 124 Å². The van der Waals surface area contributed by atoms with E-state index in [2.05, 4.69) is 4.72 Å². The molecule has 0 aromatic heterocycles. The topological polar surface area (TPSA) is 83.5 Å². The summed E-state index contributed by atoms with van der Waals surface area (Å²) in [6.45, 7) is 0. The molecule has 0 atom stereocenters. The van der Waals surface area contributed by atoms with E-state index in [1.807, 2.05) is 0 Å². The number of thioether (sulfide) groups is 1. The molecule has 0 spiro atoms. The zero-order valence-corrected chi connectivity index (χ0v) is 12.4. The largest absolute Gasteiger partial charge is 0.478 e. The van der Waals surface area contributed by atoms with E-state index < -0.39 is 38.1 Å². The van der Waals surface area contributed by atoms with E-state index in [1.165, 1.54) is 0 Å². The third-order valence-corrected chi connectivity index (χ3v) is 5.64. The Kier molecular flexibility index (Phi) is 4.84. The predicted octanol–water partition coefficient (Wildman–Crippen LogP) is 1.84. The highest BCUT2D eigenvalue weighted by atomic mass is 32.2. The van der Waals surface area contributed by atoms with Crippen LogP contribution in [0.3, 0.4) is 0 Å². The monoisotopic (exact) mass is 337 g/mol. The maximum Gasteiger partial charge on any atom is 0.335 e. The van der Waals surface area contributed by atoms with E-state index in [1.54, 1.807) is 11.8 Å². The van der Waals surface area contributed by atoms with E-state index in [0.717, 1.165) is 11.5 Å². The van der Waals surface area contributed by atoms with Crippen molar-refractivity contribution in [2.75, 3.05) is 11.5 Å². The van der Waals surface area contributed by atoms with Crippen LogP contribution in [-0.4, -0.2) is 37.0 Å². The zero-order valence-electron chi connectivity index (χ0n) is 10.8. The first-order chi connectivity index (χ1) is 9.81. The second-order valence-electron chi connectivity index (χ2n) is 4.58. The quantitative estimate of drug-likeness (QED) is 0.876. The van der Waals surface area contributed by atoms with E-state index in [0.29, 0.717) is 25.0 Å². The van der Waals surface area contributed by atoms with Gasteiger partial charge in [0.25, 0.3) is 0 Å². The molecule has 1 aliphatic rings. The van der Waals surface area contributed by atoms with Crippen molar-refractivity contribution in [1.82, 2.24) is 4.72 Å². The van der Waals surface area contributed by atoms with Gasteiger partial charge in [-0.2, -0.15) is 11.8 Å². The summed E-state index contributed by atoms with van der Waals surface area (Å²) in [5.74, 6) is -3.05. The number of carbonyl (C=O) groups is 1. The number of halogens is 2. The van der Waals surface area contributed by atoms with Gasteiger partial charge in [-0.25, -0.2) is 26.7 Å². The molecule has 1 heterocycles. The van der Waals surface area contributed by atoms with Gasteiger partial charge in [0.05, 0.1) is 5.56 Å². The van der Waals surface area contributed by atoms with Crippen LogP contribution in [0.5, 0.6) is 0 Å². The first-order valence-corrected chi connectivity index (χ1v) is 8.77. The van der Waals surface area contributed by atoms with Gasteiger partial charge in [-0.05, 0) is 36.5 Å². The molecule has 1 saturated heterocycles. The number of carboxylic acid groups (broad SMARTS) is 1. The molecular formula is C12H13F2NO4S2. The van der Waals surface area contributed by atoms with Gasteiger partial charge >= 0.3 is 5.97 Å². The van der Waals surface area contributed by atoms with E-state index in [-0.39, 0.29) is 6.04 Å². The fourth-order valence-electron chi connectivity index (χ4n) is 1.98. The van der Waals surface area contributed by atoms with Gasteiger partial charge in [0.1, 0.15) is 4.90 Å². The van der Waals surface area contributed by atoms with Crippen molar-refractivity contribution >= 4 is 27.8 Å². The fraction of sp³-hybridized carbons (Fsp3) is 0.417. The van der Waals surface area contributed by atoms with Gasteiger partial charge in [-0.1, -0.05) is 0 Å². The Bertz CT molecular complexity index is 657. The van der Waals surface area contributed by atoms with E-state index >= 15 is 0 Å². The van der Waals surface area contributed by atoms with E-state index in [9.17, 15) is 22.0 Å². The van der Waals surface area contributed by atoms with Crippen LogP contribution in [0.1, 0.15) is 23.2 Å². The first-order valence-electron chi connectivity index (χ1n) is 6.13. The van der Waals surface area contributed by atoms with Gasteiger partial charge in [-0.15, -0.1) is 0 Å². The molecule has 1 aromatic rings. The maximum atomic E-state index is 13.7. The Balaban J connectivity index is 2.36. The third-order valence-electron chi connectivity index (χ3n) is 3.07. The van der Waals surface area contributed by atoms with Crippen LogP contribution in [0.15, 0.2) is 17.0 Å². The highest BCUT2D eigenvalue weighted by molar-refractivity contribution is 7.99. The van der Waals surface area contributed by atoms with Crippen LogP contribution in [-0.2, 0) is 10.0 Å². The summed E-state index contributed by atoms with van der Waals surface area (Å²) < 4.78 is 53.6. The number of rotatable bonds is 4. The fourth-order valence-corrected chi connectivity index (χ4v) is 4.50. The molecule has 0 unspecified atom stereocenters. The maximum absolute atomic E-state index is 13.7. The lowest BCUT2D eigenvalue weighted by molar-refractivity contribution is 0.0696. The van der Waals surface area contributed by atoms with E-state index in [4.69, 9.17) is 5.11 Å². The van der Waals surface area contributed by atoms with Crippen molar-refractivity contribution in [3.8, 4) is 0 Å². The summed E-state index contributed by atoms with van der Waals surface area (Å²) in [5, 5.41) is 8.80. The molecular weight excluding hydrogens is 324 g/mol. The molecule has 0 aliphatic carbocycles. The molecule has 9 heteroatoms. The normalized spacial score (nSPS) is 16.9. The summed E-state index contributed by atoms with van der Waals surface area (Å²) >= 11 is 1.69. The minimum Gasteiger partial charge on any atom is -0.478 e. The van der Waals surface area contributed by atoms with Crippen LogP contribution < -0.4 is 4.72 Å². The number of hydrogen-bond donors (Lipinski definition) is 2. The Morgan fingerprint density at radius 3 is 2.48 bits per heavy atom. The van der Waals surface area contributed by atoms with Crippen LogP contribution in [0.4, 0.5) is 8.78 Å². The molecule has 2 rings (SSSR count). The summed E-state index contributed by atoms with van der Waals surface area (Å²) in [7, 11) is -4.31. The smallest absolute Gasteiger partial charge is 0.335 e. The minimum atomic E-state index is -4.31. The Morgan fingerprint density at radius 1 is 1.29 bits per heavy atom. The summed E-state index contributed by atoms with van der Waals surface area (Å²) in [5.41, 5.74) is -0.617. The minimum absolute atomic E-state index is 0.354. The molecule has 0 radical (unpaired) electrons. The van der Waals surface area contributed by atoms with Gasteiger partial charge in [0, 0.05) is 6.04 Å². The van der Waals surface area contributed by atoms with Crippen molar-refractivity contribution in [3.63, 3.8) is 0 Å². The third kappa shape index (κ3) is 3.72. The van der Waals surface area contributed by atoms with Crippen molar-refractivity contribution in [1.29, 1.82) is 0 Å². The molecule has 1 aliphatic heterocycles. The van der Waals surface area contributed by atoms with Crippen molar-refractivity contribution in [3.05, 3.63) is 29.3 Å². The Morgan fingerprint density at radius 2 is 1.90 bits per heavy atom. The molecule has 0 amide bonds. The zero-order chi connectivity index (χ0) is 15.6. The van der Waals surface area contributed by atoms with Crippen LogP contribution in [0.25, 0.3) is 0 Å². The number of nitrogens with one attached hydrogen (secondary N) is 1. The SMILES string of the molecule is O=C(O)c1cc(F)c(F)c(S(=O)(=O)NC2CCSCC2)c1. The number of benzene rings is 1. The Hall–Kier alpha value is -1.19. The summed E-state index contributed by atoms with van der Waals surface area (Å²) in [4.78, 5) is 9.85. The molecule has 116 valence electrons. The van der Waals surface area contributed by atoms with Crippen LogP contribution in [0, 0.1) is 11.6 Å². The standard InChI is InChI=1S/C12H13F2NO4S2/c13-9-5-7(12(16)17)6-10(11(9)14)21(18,19)15-8-1-3-20-4-2-8/h5-6,8,15H,1-4H2,(H,16,17). The van der Waals surface area contributed by atoms with Crippen molar-refractivity contribution in [2.24, 2.45) is 0 Å². The summed E-state index contributed by atoms with van der Waals surface area (Å²) in [6.07, 6.45) is 1.18. The number of sulfonamides is 1. The second-order valence-corrected chi connectivity index (χ2v) is 7.49. The van der Waals surface area contributed by atoms with Crippen LogP contribution >= 0.6 is 11.8 Å². The average molecular weight is 337 g/mol. The van der Waals surface area contributed by atoms with Gasteiger partial charge in [-0.3, -0.25) is 0 Å². The first kappa shape index (κ1) is 16.2. The molecule has 1 aromatic carbocycles. The molecule has 5 nitrogen and oxygen atoms in total. The van der Waals surface area contributed by atoms with Gasteiger partial charge < -0.3 is 5.11 Å². The number of carboxylic acids is 1. The van der Waals surface area contributed by atoms with Crippen LogP contribution in [0.2, 0.25) is 0 Å². The molecule has 1 fully saturated rings. The summed E-state index contributed by atoms with van der Waals surface area (Å²) in [6, 6.07) is 0.724. The molecule has 0 saturated carbocycles. The molecule has 0 bridgehead atoms. The predicted molar refractivity (Wildman–Crippen MR) is 74.0 cm³/mol. The van der Waals surface area contributed by atoms with Gasteiger partial charge in [0.2, 0.25) is 10.0 Å². The van der Waals surface area contributed by atoms with Crippen molar-refractivity contribution < 1.29 is 27.1 Å². The molecule has 2 N–H and O–H groups in total.